The van der Waals surface area contributed by atoms with Gasteiger partial charge in [-0.2, -0.15) is 0 Å². The van der Waals surface area contributed by atoms with Crippen molar-refractivity contribution in [3.63, 3.8) is 0 Å². The summed E-state index contributed by atoms with van der Waals surface area (Å²) in [4.78, 5) is 119. The molecule has 12 rings (SSSR count). The van der Waals surface area contributed by atoms with Crippen LogP contribution in [0.2, 0.25) is 0 Å². The number of carbonyl (C=O) groups is 8. The average Bonchev–Trinajstić information content (AvgIpc) is 1.60. The van der Waals surface area contributed by atoms with Gasteiger partial charge >= 0.3 is 35.9 Å². The van der Waals surface area contributed by atoms with Crippen LogP contribution in [0.15, 0.2) is 72.8 Å². The summed E-state index contributed by atoms with van der Waals surface area (Å²) in [7, 11) is 0. The molecule has 7 heterocycles. The van der Waals surface area contributed by atoms with E-state index in [1.807, 2.05) is 13.0 Å². The lowest BCUT2D eigenvalue weighted by molar-refractivity contribution is -0.158. The van der Waals surface area contributed by atoms with Gasteiger partial charge in [-0.3, -0.25) is 33.6 Å². The molecule has 0 bridgehead atoms. The molecule has 4 aliphatic rings. The lowest BCUT2D eigenvalue weighted by Gasteiger charge is -2.30. The Kier molecular flexibility index (Phi) is 23.5. The topological polar surface area (TPSA) is 286 Å². The van der Waals surface area contributed by atoms with Gasteiger partial charge in [0.05, 0.1) is 42.3 Å². The molecule has 3 saturated heterocycles. The van der Waals surface area contributed by atoms with E-state index in [4.69, 9.17) is 28.4 Å². The Balaban J connectivity index is 0.000000237. The number of aromatic nitrogens is 4. The minimum Gasteiger partial charge on any atom is -0.463 e. The molecular weight excluding hydrogens is 1370 g/mol. The number of aromatic amines is 4. The number of carbonyl (C=O) groups excluding carboxylic acids is 8. The maximum atomic E-state index is 15.0. The molecular formula is C80H96F4N8O14. The van der Waals surface area contributed by atoms with Crippen LogP contribution in [0.5, 0.6) is 0 Å². The minimum atomic E-state index is -0.963. The van der Waals surface area contributed by atoms with Crippen molar-refractivity contribution in [3.8, 4) is 22.8 Å². The van der Waals surface area contributed by atoms with Crippen LogP contribution < -0.4 is 10.6 Å². The van der Waals surface area contributed by atoms with Crippen molar-refractivity contribution in [2.45, 2.75) is 226 Å². The highest BCUT2D eigenvalue weighted by Crippen LogP contribution is 2.44. The number of alkyl carbamates (subject to hydrolysis) is 1. The smallest absolute Gasteiger partial charge is 0.408 e. The Morgan fingerprint density at radius 2 is 0.877 bits per heavy atom. The summed E-state index contributed by atoms with van der Waals surface area (Å²) in [6, 6.07) is 16.2. The largest absolute Gasteiger partial charge is 0.463 e. The number of halogens is 4. The predicted octanol–water partition coefficient (Wildman–Crippen LogP) is 13.5. The van der Waals surface area contributed by atoms with Gasteiger partial charge in [0.1, 0.15) is 64.9 Å². The molecule has 26 heteroatoms. The molecule has 106 heavy (non-hydrogen) atoms. The van der Waals surface area contributed by atoms with Gasteiger partial charge in [-0.1, -0.05) is 13.8 Å². The average molecular weight is 1470 g/mol. The second-order valence-electron chi connectivity index (χ2n) is 30.7. The summed E-state index contributed by atoms with van der Waals surface area (Å²) in [6.45, 7) is 20.2. The summed E-state index contributed by atoms with van der Waals surface area (Å²) in [6.07, 6.45) is 3.62. The van der Waals surface area contributed by atoms with E-state index in [1.54, 1.807) is 76.5 Å². The number of benzene rings is 4. The first-order valence-corrected chi connectivity index (χ1v) is 36.6. The van der Waals surface area contributed by atoms with Crippen molar-refractivity contribution in [2.24, 2.45) is 11.8 Å². The molecule has 4 aromatic heterocycles. The fraction of sp³-hybridized carbons (Fsp3) is 0.500. The van der Waals surface area contributed by atoms with Gasteiger partial charge in [-0.15, -0.1) is 0 Å². The van der Waals surface area contributed by atoms with Crippen molar-refractivity contribution in [2.75, 3.05) is 19.6 Å². The number of esters is 5. The monoisotopic (exact) mass is 1470 g/mol. The van der Waals surface area contributed by atoms with Crippen LogP contribution in [0.3, 0.4) is 0 Å². The van der Waals surface area contributed by atoms with E-state index < -0.39 is 89.0 Å². The number of nitrogens with zero attached hydrogens (tertiary/aromatic N) is 2. The summed E-state index contributed by atoms with van der Waals surface area (Å²) >= 11 is 0. The lowest BCUT2D eigenvalue weighted by atomic mass is 9.93. The number of amides is 3. The standard InChI is InChI=1S/C49H63F2N5O10.C31H33F2N3O4/c1-11-28(17-42(59)65-48(5,6)7)45(60)55-24-33(63-26(3)57)20-31(55)22-37-35-15-13-29(50)18-40(35)52-43(37)44-38(36-16-14-30(51)19-41(36)53-44)23-32-21-34(64-27(4)58)25-56(32)46(61)39(12-2)54-47(62)66-49(8,9)10;1-16(37)39-22-6-3-18(9-22)10-26-24-7-4-19(32)11-28(24)35-30(26)31-27(25-8-5-20(33)12-29(25)36-31)14-21-13-23(15-34-21)40-17(2)38/h13-16,18-19,28,31-34,39,52-53H,11-12,17,20-25H2,1-10H3,(H,54,62);4-5,7-8,11-12,18,21-23,34-36H,3,6,9-10,13-15H2,1-2H3/t28-,31+,32+,33+,34+,39+;18-,21-,22+,23-/m10/s1. The summed E-state index contributed by atoms with van der Waals surface area (Å²) in [5.41, 5.74) is 6.93. The van der Waals surface area contributed by atoms with E-state index in [9.17, 15) is 47.1 Å². The van der Waals surface area contributed by atoms with Crippen LogP contribution in [0, 0.1) is 35.1 Å². The Hall–Kier alpha value is -9.72. The van der Waals surface area contributed by atoms with Gasteiger partial charge in [0.2, 0.25) is 11.8 Å². The molecule has 3 amide bonds. The Bertz CT molecular complexity index is 4350. The highest BCUT2D eigenvalue weighted by atomic mass is 19.1. The third kappa shape index (κ3) is 18.6. The maximum absolute atomic E-state index is 15.0. The van der Waals surface area contributed by atoms with Crippen molar-refractivity contribution < 1.29 is 84.3 Å². The number of nitrogens with one attached hydrogen (secondary N) is 6. The number of H-pyrrole nitrogens is 4. The van der Waals surface area contributed by atoms with E-state index in [1.165, 1.54) is 76.2 Å². The Labute approximate surface area is 612 Å². The molecule has 568 valence electrons. The Morgan fingerprint density at radius 1 is 0.481 bits per heavy atom. The SMILES string of the molecule is CC(=O)O[C@@H]1CC[C@H](Cc2c(-c3[nH]c4cc(F)ccc4c3C[C@@H]3C[C@H](OC(C)=O)CN3)[nH]c3cc(F)ccc23)C1.CC[C@H](CC(=O)OC(C)(C)C)C(=O)N1C[C@@H](OC(C)=O)C[C@H]1Cc1c(-c2[nH]c3cc(F)ccc3c2C[C@@H]2C[C@H](OC(C)=O)CN2C(=O)[C@H](CC)NC(=O)OC(C)(C)C)[nH]c2cc(F)ccc12. The molecule has 0 radical (unpaired) electrons. The molecule has 6 N–H and O–H groups in total. The van der Waals surface area contributed by atoms with Crippen LogP contribution in [0.25, 0.3) is 66.4 Å². The van der Waals surface area contributed by atoms with Crippen LogP contribution in [-0.2, 0) is 87.7 Å². The third-order valence-electron chi connectivity index (χ3n) is 20.2. The van der Waals surface area contributed by atoms with Crippen LogP contribution in [0.1, 0.15) is 163 Å². The van der Waals surface area contributed by atoms with Gasteiger partial charge in [-0.05, 0) is 200 Å². The lowest BCUT2D eigenvalue weighted by Crippen LogP contribution is -2.51. The molecule has 4 fully saturated rings. The molecule has 10 atom stereocenters. The number of ether oxygens (including phenoxy) is 6. The highest BCUT2D eigenvalue weighted by molar-refractivity contribution is 5.98. The van der Waals surface area contributed by atoms with Gasteiger partial charge in [0.25, 0.3) is 0 Å². The highest BCUT2D eigenvalue weighted by Gasteiger charge is 2.44. The van der Waals surface area contributed by atoms with Crippen molar-refractivity contribution in [1.82, 2.24) is 40.4 Å². The molecule has 3 aliphatic heterocycles. The Morgan fingerprint density at radius 3 is 1.28 bits per heavy atom. The fourth-order valence-corrected chi connectivity index (χ4v) is 16.0. The number of fused-ring (bicyclic) bond motifs is 4. The van der Waals surface area contributed by atoms with Crippen LogP contribution >= 0.6 is 0 Å². The van der Waals surface area contributed by atoms with Gasteiger partial charge in [0.15, 0.2) is 0 Å². The van der Waals surface area contributed by atoms with Gasteiger partial charge < -0.3 is 68.8 Å². The molecule has 8 aromatic rings. The van der Waals surface area contributed by atoms with E-state index in [0.717, 1.165) is 59.0 Å². The first-order valence-electron chi connectivity index (χ1n) is 36.6. The third-order valence-corrected chi connectivity index (χ3v) is 20.2. The number of hydrogen-bond donors (Lipinski definition) is 6. The molecule has 1 aliphatic carbocycles. The normalized spacial score (nSPS) is 20.9. The van der Waals surface area contributed by atoms with E-state index in [2.05, 4.69) is 30.6 Å². The zero-order chi connectivity index (χ0) is 76.4. The van der Waals surface area contributed by atoms with Crippen LogP contribution in [-0.4, -0.2) is 157 Å². The molecule has 0 spiro atoms. The van der Waals surface area contributed by atoms with Crippen LogP contribution in [0.4, 0.5) is 22.4 Å². The minimum absolute atomic E-state index is 0.0561. The maximum Gasteiger partial charge on any atom is 0.408 e. The summed E-state index contributed by atoms with van der Waals surface area (Å²) < 4.78 is 91.8. The quantitative estimate of drug-likeness (QED) is 0.0221. The predicted molar refractivity (Wildman–Crippen MR) is 390 cm³/mol. The molecule has 22 nitrogen and oxygen atoms in total. The van der Waals surface area contributed by atoms with E-state index in [-0.39, 0.29) is 99.3 Å². The van der Waals surface area contributed by atoms with E-state index in [0.29, 0.717) is 87.1 Å². The fourth-order valence-electron chi connectivity index (χ4n) is 16.0. The molecule has 1 saturated carbocycles. The van der Waals surface area contributed by atoms with E-state index >= 15 is 8.78 Å². The zero-order valence-corrected chi connectivity index (χ0v) is 62.1. The van der Waals surface area contributed by atoms with Gasteiger partial charge in [-0.25, -0.2) is 22.4 Å². The van der Waals surface area contributed by atoms with Crippen molar-refractivity contribution in [3.05, 3.63) is 118 Å². The summed E-state index contributed by atoms with van der Waals surface area (Å²) in [5.74, 6) is -4.86. The first-order chi connectivity index (χ1) is 50.2. The van der Waals surface area contributed by atoms with Gasteiger partial charge in [0, 0.05) is 121 Å². The first kappa shape index (κ1) is 77.4. The molecule has 0 unspecified atom stereocenters. The zero-order valence-electron chi connectivity index (χ0n) is 62.1. The second kappa shape index (κ2) is 32.2. The number of likely N-dealkylation sites (tertiary alicyclic amines) is 2. The van der Waals surface area contributed by atoms with Crippen molar-refractivity contribution in [1.29, 1.82) is 0 Å². The summed E-state index contributed by atoms with van der Waals surface area (Å²) in [5, 5.41) is 9.32. The molecule has 4 aromatic carbocycles. The number of rotatable bonds is 21. The number of hydrogen-bond acceptors (Lipinski definition) is 15. The second-order valence-corrected chi connectivity index (χ2v) is 30.7. The van der Waals surface area contributed by atoms with Crippen molar-refractivity contribution >= 4 is 91.4 Å².